The summed E-state index contributed by atoms with van der Waals surface area (Å²) >= 11 is 0. The molecule has 0 spiro atoms. The number of ether oxygens (including phenoxy) is 2. The molecule has 2 aromatic carbocycles. The van der Waals surface area contributed by atoms with Crippen molar-refractivity contribution >= 4 is 21.9 Å². The summed E-state index contributed by atoms with van der Waals surface area (Å²) < 4.78 is 48.8. The minimum atomic E-state index is -3.52. The lowest BCUT2D eigenvalue weighted by atomic mass is 10.2. The number of halogens is 1. The van der Waals surface area contributed by atoms with E-state index in [-0.39, 0.29) is 23.7 Å². The van der Waals surface area contributed by atoms with Crippen molar-refractivity contribution in [3.63, 3.8) is 0 Å². The maximum atomic E-state index is 13.5. The molecule has 2 aromatic rings. The minimum Gasteiger partial charge on any atom is -0.490 e. The van der Waals surface area contributed by atoms with Crippen LogP contribution < -0.4 is 10.1 Å². The minimum absolute atomic E-state index is 0.0345. The average molecular weight is 424 g/mol. The normalized spacial score (nSPS) is 11.2. The van der Waals surface area contributed by atoms with E-state index in [0.717, 1.165) is 10.4 Å². The van der Waals surface area contributed by atoms with E-state index in [1.807, 2.05) is 0 Å². The van der Waals surface area contributed by atoms with Gasteiger partial charge in [-0.25, -0.2) is 17.1 Å². The number of rotatable bonds is 9. The lowest BCUT2D eigenvalue weighted by Crippen LogP contribution is -2.31. The fourth-order valence-corrected chi connectivity index (χ4v) is 3.08. The molecule has 0 saturated carbocycles. The summed E-state index contributed by atoms with van der Waals surface area (Å²) in [7, 11) is -0.641. The van der Waals surface area contributed by atoms with Crippen molar-refractivity contribution in [2.24, 2.45) is 0 Å². The van der Waals surface area contributed by atoms with E-state index in [4.69, 9.17) is 9.47 Å². The summed E-state index contributed by atoms with van der Waals surface area (Å²) in [5.41, 5.74) is -0.164. The van der Waals surface area contributed by atoms with Gasteiger partial charge in [-0.3, -0.25) is 9.59 Å². The molecule has 0 aliphatic heterocycles. The number of carbonyl (C=O) groups excluding carboxylic acids is 2. The summed E-state index contributed by atoms with van der Waals surface area (Å²) in [5, 5.41) is 2.27. The third-order valence-electron chi connectivity index (χ3n) is 3.73. The maximum absolute atomic E-state index is 13.5. The third kappa shape index (κ3) is 6.26. The number of benzene rings is 2. The van der Waals surface area contributed by atoms with E-state index in [0.29, 0.717) is 5.75 Å². The lowest BCUT2D eigenvalue weighted by molar-refractivity contribution is -0.143. The molecule has 0 atom stereocenters. The predicted octanol–water partition coefficient (Wildman–Crippen LogP) is 1.43. The molecule has 156 valence electrons. The van der Waals surface area contributed by atoms with Gasteiger partial charge in [0.05, 0.1) is 10.5 Å². The van der Waals surface area contributed by atoms with Crippen molar-refractivity contribution in [3.05, 3.63) is 59.9 Å². The Morgan fingerprint density at radius 3 is 2.31 bits per heavy atom. The molecule has 0 aliphatic carbocycles. The van der Waals surface area contributed by atoms with Crippen LogP contribution in [-0.2, 0) is 19.6 Å². The number of nitrogens with one attached hydrogen (secondary N) is 1. The topological polar surface area (TPSA) is 102 Å². The summed E-state index contributed by atoms with van der Waals surface area (Å²) in [6, 6.07) is 11.2. The molecule has 0 saturated heterocycles. The van der Waals surface area contributed by atoms with Gasteiger partial charge in [-0.05, 0) is 36.4 Å². The van der Waals surface area contributed by atoms with Gasteiger partial charge in [0.1, 0.15) is 31.3 Å². The van der Waals surface area contributed by atoms with E-state index in [2.05, 4.69) is 5.32 Å². The Morgan fingerprint density at radius 1 is 1.03 bits per heavy atom. The zero-order valence-electron chi connectivity index (χ0n) is 15.9. The monoisotopic (exact) mass is 424 g/mol. The van der Waals surface area contributed by atoms with E-state index >= 15 is 0 Å². The number of esters is 1. The highest BCUT2D eigenvalue weighted by atomic mass is 32.2. The molecule has 1 N–H and O–H groups in total. The maximum Gasteiger partial charge on any atom is 0.325 e. The highest BCUT2D eigenvalue weighted by Crippen LogP contribution is 2.18. The first-order valence-corrected chi connectivity index (χ1v) is 9.99. The molecular formula is C19H21FN2O6S. The Morgan fingerprint density at radius 2 is 1.69 bits per heavy atom. The molecule has 2 rings (SSSR count). The molecule has 0 aliphatic rings. The Balaban J connectivity index is 1.72. The molecule has 0 bridgehead atoms. The summed E-state index contributed by atoms with van der Waals surface area (Å²) in [4.78, 5) is 23.6. The molecule has 1 amide bonds. The molecule has 0 heterocycles. The Hall–Kier alpha value is -2.98. The van der Waals surface area contributed by atoms with Gasteiger partial charge in [-0.2, -0.15) is 0 Å². The Kier molecular flexibility index (Phi) is 7.68. The fourth-order valence-electron chi connectivity index (χ4n) is 2.18. The highest BCUT2D eigenvalue weighted by Gasteiger charge is 2.16. The van der Waals surface area contributed by atoms with Crippen LogP contribution in [0.15, 0.2) is 53.4 Å². The Labute approximate surface area is 168 Å². The van der Waals surface area contributed by atoms with Crippen molar-refractivity contribution in [3.8, 4) is 5.75 Å². The van der Waals surface area contributed by atoms with Gasteiger partial charge in [-0.1, -0.05) is 12.1 Å². The number of sulfonamides is 1. The number of hydrogen-bond donors (Lipinski definition) is 1. The molecule has 10 heteroatoms. The molecule has 0 radical (unpaired) electrons. The molecule has 0 unspecified atom stereocenters. The van der Waals surface area contributed by atoms with E-state index in [1.54, 1.807) is 0 Å². The first-order chi connectivity index (χ1) is 13.7. The van der Waals surface area contributed by atoms with E-state index < -0.39 is 34.3 Å². The van der Waals surface area contributed by atoms with Crippen LogP contribution in [0.4, 0.5) is 4.39 Å². The second kappa shape index (κ2) is 9.99. The van der Waals surface area contributed by atoms with Gasteiger partial charge in [0, 0.05) is 14.1 Å². The van der Waals surface area contributed by atoms with E-state index in [9.17, 15) is 22.4 Å². The molecule has 0 aromatic heterocycles. The van der Waals surface area contributed by atoms with Crippen molar-refractivity contribution < 1.29 is 31.9 Å². The van der Waals surface area contributed by atoms with Crippen LogP contribution in [0.5, 0.6) is 5.75 Å². The van der Waals surface area contributed by atoms with Gasteiger partial charge >= 0.3 is 5.97 Å². The van der Waals surface area contributed by atoms with Crippen LogP contribution in [0.1, 0.15) is 10.4 Å². The van der Waals surface area contributed by atoms with Gasteiger partial charge < -0.3 is 14.8 Å². The van der Waals surface area contributed by atoms with Crippen molar-refractivity contribution in [2.45, 2.75) is 4.90 Å². The second-order valence-corrected chi connectivity index (χ2v) is 8.14. The number of hydrogen-bond acceptors (Lipinski definition) is 6. The van der Waals surface area contributed by atoms with Crippen LogP contribution in [0.3, 0.4) is 0 Å². The smallest absolute Gasteiger partial charge is 0.325 e. The zero-order valence-corrected chi connectivity index (χ0v) is 16.7. The van der Waals surface area contributed by atoms with Gasteiger partial charge in [0.25, 0.3) is 5.91 Å². The van der Waals surface area contributed by atoms with Crippen LogP contribution in [0.2, 0.25) is 0 Å². The van der Waals surface area contributed by atoms with Gasteiger partial charge in [0.2, 0.25) is 10.0 Å². The largest absolute Gasteiger partial charge is 0.490 e. The van der Waals surface area contributed by atoms with Gasteiger partial charge in [-0.15, -0.1) is 0 Å². The quantitative estimate of drug-likeness (QED) is 0.483. The van der Waals surface area contributed by atoms with Crippen molar-refractivity contribution in [1.29, 1.82) is 0 Å². The first kappa shape index (κ1) is 22.3. The average Bonchev–Trinajstić information content (AvgIpc) is 2.70. The first-order valence-electron chi connectivity index (χ1n) is 8.55. The summed E-state index contributed by atoms with van der Waals surface area (Å²) in [6.07, 6.45) is 0. The highest BCUT2D eigenvalue weighted by molar-refractivity contribution is 7.89. The van der Waals surface area contributed by atoms with Crippen LogP contribution in [-0.4, -0.2) is 58.5 Å². The molecule has 29 heavy (non-hydrogen) atoms. The standard InChI is InChI=1S/C19H21FN2O6S/c1-22(2)29(25,26)15-9-7-14(8-10-15)27-11-12-28-18(23)13-21-19(24)16-5-3-4-6-17(16)20/h3-10H,11-13H2,1-2H3,(H,21,24). The fraction of sp³-hybridized carbons (Fsp3) is 0.263. The van der Waals surface area contributed by atoms with Crippen LogP contribution in [0.25, 0.3) is 0 Å². The van der Waals surface area contributed by atoms with Crippen LogP contribution in [0, 0.1) is 5.82 Å². The van der Waals surface area contributed by atoms with Crippen molar-refractivity contribution in [2.75, 3.05) is 33.9 Å². The molecule has 0 fully saturated rings. The lowest BCUT2D eigenvalue weighted by Gasteiger charge is -2.12. The molecule has 8 nitrogen and oxygen atoms in total. The number of carbonyl (C=O) groups is 2. The Bertz CT molecular complexity index is 961. The number of nitrogens with zero attached hydrogens (tertiary/aromatic N) is 1. The summed E-state index contributed by atoms with van der Waals surface area (Å²) in [6.45, 7) is -0.455. The summed E-state index contributed by atoms with van der Waals surface area (Å²) in [5.74, 6) is -1.70. The second-order valence-electron chi connectivity index (χ2n) is 5.99. The SMILES string of the molecule is CN(C)S(=O)(=O)c1ccc(OCCOC(=O)CNC(=O)c2ccccc2F)cc1. The van der Waals surface area contributed by atoms with Gasteiger partial charge in [0.15, 0.2) is 0 Å². The van der Waals surface area contributed by atoms with Crippen LogP contribution >= 0.6 is 0 Å². The predicted molar refractivity (Wildman–Crippen MR) is 103 cm³/mol. The zero-order chi connectivity index (χ0) is 21.4. The number of amides is 1. The third-order valence-corrected chi connectivity index (χ3v) is 5.56. The molecular weight excluding hydrogens is 403 g/mol. The van der Waals surface area contributed by atoms with E-state index in [1.165, 1.54) is 56.6 Å². The van der Waals surface area contributed by atoms with Crippen molar-refractivity contribution in [1.82, 2.24) is 9.62 Å².